The van der Waals surface area contributed by atoms with Gasteiger partial charge in [-0.25, -0.2) is 4.79 Å². The number of nitrogens with zero attached hydrogens (tertiary/aromatic N) is 1. The lowest BCUT2D eigenvalue weighted by atomic mass is 9.94. The third kappa shape index (κ3) is 9.01. The van der Waals surface area contributed by atoms with Crippen LogP contribution in [0, 0.1) is 17.8 Å². The first kappa shape index (κ1) is 37.3. The van der Waals surface area contributed by atoms with E-state index in [9.17, 15) is 49.2 Å². The van der Waals surface area contributed by atoms with E-state index in [0.29, 0.717) is 5.56 Å². The molecule has 0 spiro atoms. The molecule has 2 fully saturated rings. The third-order valence-electron chi connectivity index (χ3n) is 7.74. The van der Waals surface area contributed by atoms with E-state index in [4.69, 9.17) is 19.9 Å². The van der Waals surface area contributed by atoms with Gasteiger partial charge in [-0.1, -0.05) is 33.8 Å². The number of rotatable bonds is 14. The highest BCUT2D eigenvalue weighted by Crippen LogP contribution is 2.31. The van der Waals surface area contributed by atoms with E-state index >= 15 is 0 Å². The summed E-state index contributed by atoms with van der Waals surface area (Å²) in [5.74, 6) is -5.69. The smallest absolute Gasteiger partial charge is 0.335 e. The molecule has 7 atom stereocenters. The minimum atomic E-state index is -1.95. The second-order valence-corrected chi connectivity index (χ2v) is 11.9. The summed E-state index contributed by atoms with van der Waals surface area (Å²) in [6.07, 6.45) is -9.82. The molecular weight excluding hydrogens is 624 g/mol. The largest absolute Gasteiger partial charge is 0.479 e. The fourth-order valence-corrected chi connectivity index (χ4v) is 4.95. The SMILES string of the molecule is CC(C)C(=O)OCc1ccc(O[C@H]2O[C@@H](C(=O)O)[C@H](O)[C@@H](O)[C@@H]2O)c(NC(=O)CCNC(=O)C(CN)N2C(=O)CC(C(C)C)C2=O)c1. The van der Waals surface area contributed by atoms with E-state index in [2.05, 4.69) is 10.6 Å². The Morgan fingerprint density at radius 1 is 1.06 bits per heavy atom. The predicted octanol–water partition coefficient (Wildman–Crippen LogP) is -1.54. The topological polar surface area (TPSA) is 264 Å². The molecule has 1 aromatic rings. The highest BCUT2D eigenvalue weighted by Gasteiger charge is 2.48. The second-order valence-electron chi connectivity index (χ2n) is 11.9. The molecule has 0 radical (unpaired) electrons. The van der Waals surface area contributed by atoms with Gasteiger partial charge in [-0.2, -0.15) is 0 Å². The van der Waals surface area contributed by atoms with Crippen LogP contribution in [0.15, 0.2) is 18.2 Å². The summed E-state index contributed by atoms with van der Waals surface area (Å²) in [5, 5.41) is 44.9. The number of hydrogen-bond donors (Lipinski definition) is 7. The Bertz CT molecular complexity index is 1350. The van der Waals surface area contributed by atoms with Crippen LogP contribution in [0.2, 0.25) is 0 Å². The summed E-state index contributed by atoms with van der Waals surface area (Å²) in [4.78, 5) is 75.4. The van der Waals surface area contributed by atoms with Gasteiger partial charge in [0.2, 0.25) is 29.9 Å². The van der Waals surface area contributed by atoms with Crippen molar-refractivity contribution in [2.45, 2.75) is 83.9 Å². The number of carboxylic acids is 1. The predicted molar refractivity (Wildman–Crippen MR) is 160 cm³/mol. The molecule has 3 rings (SSSR count). The average Bonchev–Trinajstić information content (AvgIpc) is 3.30. The van der Waals surface area contributed by atoms with Crippen molar-refractivity contribution in [3.05, 3.63) is 23.8 Å². The van der Waals surface area contributed by atoms with Crippen LogP contribution >= 0.6 is 0 Å². The summed E-state index contributed by atoms with van der Waals surface area (Å²) in [7, 11) is 0. The number of amides is 4. The molecule has 17 nitrogen and oxygen atoms in total. The summed E-state index contributed by atoms with van der Waals surface area (Å²) >= 11 is 0. The lowest BCUT2D eigenvalue weighted by molar-refractivity contribution is -0.271. The molecule has 2 saturated heterocycles. The van der Waals surface area contributed by atoms with E-state index < -0.39 is 84.2 Å². The van der Waals surface area contributed by atoms with E-state index in [0.717, 1.165) is 4.90 Å². The molecule has 17 heteroatoms. The van der Waals surface area contributed by atoms with Crippen LogP contribution in [-0.4, -0.2) is 111 Å². The van der Waals surface area contributed by atoms with E-state index in [-0.39, 0.29) is 49.9 Å². The number of esters is 1. The van der Waals surface area contributed by atoms with Crippen LogP contribution in [-0.2, 0) is 44.8 Å². The maximum Gasteiger partial charge on any atom is 0.335 e. The Hall–Kier alpha value is -4.16. The van der Waals surface area contributed by atoms with Gasteiger partial charge < -0.3 is 51.0 Å². The molecule has 47 heavy (non-hydrogen) atoms. The van der Waals surface area contributed by atoms with E-state index in [1.165, 1.54) is 18.2 Å². The molecule has 0 bridgehead atoms. The van der Waals surface area contributed by atoms with Crippen LogP contribution in [0.5, 0.6) is 5.75 Å². The fraction of sp³-hybridized carbons (Fsp3) is 0.600. The summed E-state index contributed by atoms with van der Waals surface area (Å²) in [5.41, 5.74) is 6.10. The van der Waals surface area contributed by atoms with Crippen LogP contribution in [0.4, 0.5) is 5.69 Å². The van der Waals surface area contributed by atoms with E-state index in [1.54, 1.807) is 27.7 Å². The van der Waals surface area contributed by atoms with Gasteiger partial charge in [0, 0.05) is 31.8 Å². The number of aliphatic hydroxyl groups excluding tert-OH is 3. The first-order chi connectivity index (χ1) is 22.1. The molecule has 0 aliphatic carbocycles. The Morgan fingerprint density at radius 2 is 1.74 bits per heavy atom. The number of benzene rings is 1. The van der Waals surface area contributed by atoms with Gasteiger partial charge in [-0.05, 0) is 23.6 Å². The Labute approximate surface area is 270 Å². The number of carbonyl (C=O) groups excluding carboxylic acids is 5. The van der Waals surface area contributed by atoms with Gasteiger partial charge in [0.05, 0.1) is 11.6 Å². The minimum Gasteiger partial charge on any atom is -0.479 e. The summed E-state index contributed by atoms with van der Waals surface area (Å²) in [6, 6.07) is 2.91. The number of anilines is 1. The number of ether oxygens (including phenoxy) is 3. The summed E-state index contributed by atoms with van der Waals surface area (Å²) < 4.78 is 16.0. The minimum absolute atomic E-state index is 0.0255. The van der Waals surface area contributed by atoms with Gasteiger partial charge in [0.15, 0.2) is 6.10 Å². The van der Waals surface area contributed by atoms with Crippen LogP contribution in [0.25, 0.3) is 0 Å². The average molecular weight is 667 g/mol. The molecular formula is C30H42N4O13. The number of hydrogen-bond acceptors (Lipinski definition) is 13. The number of nitrogens with two attached hydrogens (primary N) is 1. The van der Waals surface area contributed by atoms with Crippen molar-refractivity contribution in [2.75, 3.05) is 18.4 Å². The molecule has 8 N–H and O–H groups in total. The van der Waals surface area contributed by atoms with Gasteiger partial charge >= 0.3 is 11.9 Å². The number of aliphatic hydroxyl groups is 3. The zero-order valence-electron chi connectivity index (χ0n) is 26.5. The van der Waals surface area contributed by atoms with Crippen molar-refractivity contribution in [2.24, 2.45) is 23.5 Å². The van der Waals surface area contributed by atoms with Gasteiger partial charge in [0.1, 0.15) is 36.7 Å². The second kappa shape index (κ2) is 16.1. The lowest BCUT2D eigenvalue weighted by Gasteiger charge is -2.38. The van der Waals surface area contributed by atoms with Gasteiger partial charge in [0.25, 0.3) is 0 Å². The molecule has 1 aromatic carbocycles. The van der Waals surface area contributed by atoms with Crippen molar-refractivity contribution < 1.29 is 63.4 Å². The zero-order chi connectivity index (χ0) is 35.2. The van der Waals surface area contributed by atoms with Crippen molar-refractivity contribution in [1.29, 1.82) is 0 Å². The maximum atomic E-state index is 12.9. The summed E-state index contributed by atoms with van der Waals surface area (Å²) in [6.45, 7) is 6.16. The fourth-order valence-electron chi connectivity index (χ4n) is 4.95. The molecule has 4 amide bonds. The first-order valence-electron chi connectivity index (χ1n) is 15.1. The Balaban J connectivity index is 1.72. The van der Waals surface area contributed by atoms with Gasteiger partial charge in [-0.3, -0.25) is 28.9 Å². The maximum absolute atomic E-state index is 12.9. The highest BCUT2D eigenvalue weighted by molar-refractivity contribution is 6.07. The molecule has 260 valence electrons. The number of aliphatic carboxylic acids is 1. The molecule has 2 aliphatic rings. The van der Waals surface area contributed by atoms with E-state index in [1.807, 2.05) is 0 Å². The molecule has 0 aromatic heterocycles. The van der Waals surface area contributed by atoms with Crippen molar-refractivity contribution in [3.8, 4) is 5.75 Å². The van der Waals surface area contributed by atoms with Crippen LogP contribution < -0.4 is 21.1 Å². The van der Waals surface area contributed by atoms with Crippen LogP contribution in [0.3, 0.4) is 0 Å². The quantitative estimate of drug-likeness (QED) is 0.0877. The Morgan fingerprint density at radius 3 is 2.32 bits per heavy atom. The van der Waals surface area contributed by atoms with Crippen LogP contribution in [0.1, 0.15) is 46.1 Å². The highest BCUT2D eigenvalue weighted by atomic mass is 16.7. The molecule has 2 unspecified atom stereocenters. The molecule has 2 aliphatic heterocycles. The standard InChI is InChI=1S/C30H42N4O13/c1-13(2)16-10-21(36)34(27(16)41)18(11-31)26(40)32-8-7-20(35)33-17-9-15(12-45-29(44)14(3)4)5-6-19(17)46-30-24(39)22(37)23(38)25(47-30)28(42)43/h5-6,9,13-14,16,18,22-25,30,37-39H,7-8,10-12,31H2,1-4H3,(H,32,40)(H,33,35)(H,42,43)/t16?,18?,22-,23-,24+,25-,30+/m1/s1. The Kier molecular flexibility index (Phi) is 12.8. The first-order valence-corrected chi connectivity index (χ1v) is 15.1. The number of likely N-dealkylation sites (tertiary alicyclic amines) is 1. The lowest BCUT2D eigenvalue weighted by Crippen LogP contribution is -2.61. The number of carbonyl (C=O) groups is 6. The van der Waals surface area contributed by atoms with Crippen molar-refractivity contribution in [3.63, 3.8) is 0 Å². The normalized spacial score (nSPS) is 25.1. The van der Waals surface area contributed by atoms with Gasteiger partial charge in [-0.15, -0.1) is 0 Å². The molecule has 2 heterocycles. The number of nitrogens with one attached hydrogen (secondary N) is 2. The number of imide groups is 1. The van der Waals surface area contributed by atoms with Crippen molar-refractivity contribution >= 4 is 41.3 Å². The van der Waals surface area contributed by atoms with Crippen molar-refractivity contribution in [1.82, 2.24) is 10.2 Å². The monoisotopic (exact) mass is 666 g/mol. The number of carboxylic acid groups (broad SMARTS) is 1. The third-order valence-corrected chi connectivity index (χ3v) is 7.74. The molecule has 0 saturated carbocycles. The zero-order valence-corrected chi connectivity index (χ0v) is 26.5.